The van der Waals surface area contributed by atoms with Gasteiger partial charge in [-0.25, -0.2) is 4.68 Å². The lowest BCUT2D eigenvalue weighted by molar-refractivity contribution is 0.391. The monoisotopic (exact) mass is 364 g/mol. The average Bonchev–Trinajstić information content (AvgIpc) is 3.29. The summed E-state index contributed by atoms with van der Waals surface area (Å²) in [5, 5.41) is 12.9. The summed E-state index contributed by atoms with van der Waals surface area (Å²) in [6.45, 7) is 2.03. The molecule has 0 aliphatic rings. The van der Waals surface area contributed by atoms with Gasteiger partial charge in [0.15, 0.2) is 5.82 Å². The highest BCUT2D eigenvalue weighted by atomic mass is 32.2. The number of nitrogens with two attached hydrogens (primary N) is 1. The maximum Gasteiger partial charge on any atom is 0.237 e. The number of hydrogen-bond donors (Lipinski definition) is 1. The average molecular weight is 364 g/mol. The predicted octanol–water partition coefficient (Wildman–Crippen LogP) is 3.31. The van der Waals surface area contributed by atoms with E-state index in [0.29, 0.717) is 28.4 Å². The standard InChI is InChI=1S/C18H16N6OS/c1-12-7-9-14(10-8-12)17-21-22-18(24(17)19)26-11-15-20-16(23-25-15)13-5-3-2-4-6-13/h2-10H,11,19H2,1H3. The van der Waals surface area contributed by atoms with Gasteiger partial charge in [0, 0.05) is 11.1 Å². The molecule has 0 fully saturated rings. The van der Waals surface area contributed by atoms with Gasteiger partial charge in [-0.2, -0.15) is 4.98 Å². The quantitative estimate of drug-likeness (QED) is 0.429. The molecule has 7 nitrogen and oxygen atoms in total. The van der Waals surface area contributed by atoms with Crippen LogP contribution >= 0.6 is 11.8 Å². The van der Waals surface area contributed by atoms with Gasteiger partial charge in [0.25, 0.3) is 0 Å². The van der Waals surface area contributed by atoms with Crippen LogP contribution in [0.5, 0.6) is 0 Å². The molecule has 0 saturated heterocycles. The summed E-state index contributed by atoms with van der Waals surface area (Å²) < 4.78 is 6.78. The highest BCUT2D eigenvalue weighted by Gasteiger charge is 2.14. The van der Waals surface area contributed by atoms with Crippen molar-refractivity contribution in [3.05, 3.63) is 66.1 Å². The fourth-order valence-electron chi connectivity index (χ4n) is 2.42. The number of hydrogen-bond acceptors (Lipinski definition) is 7. The molecule has 8 heteroatoms. The molecular weight excluding hydrogens is 348 g/mol. The number of nitrogens with zero attached hydrogens (tertiary/aromatic N) is 5. The van der Waals surface area contributed by atoms with Crippen LogP contribution in [-0.4, -0.2) is 25.0 Å². The Morgan fingerprint density at radius 1 is 1.00 bits per heavy atom. The van der Waals surface area contributed by atoms with Gasteiger partial charge < -0.3 is 10.4 Å². The van der Waals surface area contributed by atoms with Crippen molar-refractivity contribution in [3.63, 3.8) is 0 Å². The predicted molar refractivity (Wildman–Crippen MR) is 99.6 cm³/mol. The first-order valence-corrected chi connectivity index (χ1v) is 8.97. The Kier molecular flexibility index (Phi) is 4.40. The molecule has 2 aromatic heterocycles. The van der Waals surface area contributed by atoms with Crippen molar-refractivity contribution < 1.29 is 4.52 Å². The van der Waals surface area contributed by atoms with E-state index >= 15 is 0 Å². The van der Waals surface area contributed by atoms with E-state index in [1.54, 1.807) is 0 Å². The molecule has 0 radical (unpaired) electrons. The summed E-state index contributed by atoms with van der Waals surface area (Å²) in [4.78, 5) is 4.40. The molecule has 2 heterocycles. The number of aromatic nitrogens is 5. The van der Waals surface area contributed by atoms with Crippen molar-refractivity contribution in [1.29, 1.82) is 0 Å². The maximum atomic E-state index is 6.14. The molecule has 0 unspecified atom stereocenters. The summed E-state index contributed by atoms with van der Waals surface area (Å²) in [7, 11) is 0. The van der Waals surface area contributed by atoms with Crippen molar-refractivity contribution in [2.75, 3.05) is 5.84 Å². The molecular formula is C18H16N6OS. The lowest BCUT2D eigenvalue weighted by Gasteiger charge is -2.03. The third kappa shape index (κ3) is 3.31. The molecule has 0 saturated carbocycles. The Morgan fingerprint density at radius 2 is 1.77 bits per heavy atom. The first-order chi connectivity index (χ1) is 12.7. The van der Waals surface area contributed by atoms with Gasteiger partial charge in [0.2, 0.25) is 16.9 Å². The Labute approximate surface area is 154 Å². The normalized spacial score (nSPS) is 11.0. The molecule has 0 spiro atoms. The van der Waals surface area contributed by atoms with Crippen LogP contribution in [-0.2, 0) is 5.75 Å². The summed E-state index contributed by atoms with van der Waals surface area (Å²) in [5.41, 5.74) is 3.01. The minimum absolute atomic E-state index is 0.461. The highest BCUT2D eigenvalue weighted by molar-refractivity contribution is 7.98. The van der Waals surface area contributed by atoms with Gasteiger partial charge in [-0.05, 0) is 6.92 Å². The molecule has 26 heavy (non-hydrogen) atoms. The first-order valence-electron chi connectivity index (χ1n) is 7.99. The van der Waals surface area contributed by atoms with Gasteiger partial charge in [0.05, 0.1) is 5.75 Å². The van der Waals surface area contributed by atoms with Crippen molar-refractivity contribution in [2.45, 2.75) is 17.8 Å². The fraction of sp³-hybridized carbons (Fsp3) is 0.111. The molecule has 0 aliphatic heterocycles. The van der Waals surface area contributed by atoms with Gasteiger partial charge in [0.1, 0.15) is 0 Å². The fourth-order valence-corrected chi connectivity index (χ4v) is 3.11. The maximum absolute atomic E-state index is 6.14. The van der Waals surface area contributed by atoms with E-state index in [-0.39, 0.29) is 0 Å². The zero-order valence-electron chi connectivity index (χ0n) is 14.0. The first kappa shape index (κ1) is 16.3. The second-order valence-corrected chi connectivity index (χ2v) is 6.65. The lowest BCUT2D eigenvalue weighted by Crippen LogP contribution is -2.11. The minimum atomic E-state index is 0.461. The minimum Gasteiger partial charge on any atom is -0.338 e. The van der Waals surface area contributed by atoms with Crippen LogP contribution in [0.2, 0.25) is 0 Å². The van der Waals surface area contributed by atoms with Crippen LogP contribution < -0.4 is 5.84 Å². The van der Waals surface area contributed by atoms with Gasteiger partial charge in [-0.1, -0.05) is 77.1 Å². The Balaban J connectivity index is 1.47. The van der Waals surface area contributed by atoms with Gasteiger partial charge >= 0.3 is 0 Å². The smallest absolute Gasteiger partial charge is 0.237 e. The van der Waals surface area contributed by atoms with Crippen LogP contribution in [0, 0.1) is 6.92 Å². The highest BCUT2D eigenvalue weighted by Crippen LogP contribution is 2.25. The molecule has 130 valence electrons. The van der Waals surface area contributed by atoms with Crippen molar-refractivity contribution in [2.24, 2.45) is 0 Å². The van der Waals surface area contributed by atoms with Gasteiger partial charge in [-0.15, -0.1) is 10.2 Å². The molecule has 0 atom stereocenters. The molecule has 2 N–H and O–H groups in total. The number of rotatable bonds is 5. The van der Waals surface area contributed by atoms with E-state index < -0.39 is 0 Å². The summed E-state index contributed by atoms with van der Waals surface area (Å²) in [6, 6.07) is 17.7. The topological polar surface area (TPSA) is 95.6 Å². The van der Waals surface area contributed by atoms with E-state index in [1.165, 1.54) is 22.0 Å². The zero-order chi connectivity index (χ0) is 17.9. The summed E-state index contributed by atoms with van der Waals surface area (Å²) in [5.74, 6) is 8.29. The number of nitrogen functional groups attached to an aromatic ring is 1. The lowest BCUT2D eigenvalue weighted by atomic mass is 10.1. The van der Waals surface area contributed by atoms with Crippen LogP contribution in [0.4, 0.5) is 0 Å². The van der Waals surface area contributed by atoms with Crippen LogP contribution in [0.3, 0.4) is 0 Å². The van der Waals surface area contributed by atoms with E-state index in [2.05, 4.69) is 20.3 Å². The Morgan fingerprint density at radius 3 is 2.54 bits per heavy atom. The second-order valence-electron chi connectivity index (χ2n) is 5.71. The van der Waals surface area contributed by atoms with Crippen LogP contribution in [0.1, 0.15) is 11.5 Å². The molecule has 4 rings (SSSR count). The summed E-state index contributed by atoms with van der Waals surface area (Å²) >= 11 is 1.40. The van der Waals surface area contributed by atoms with Gasteiger partial charge in [-0.3, -0.25) is 0 Å². The molecule has 0 aliphatic carbocycles. The van der Waals surface area contributed by atoms with E-state index in [1.807, 2.05) is 61.5 Å². The second kappa shape index (κ2) is 7.01. The molecule has 0 amide bonds. The Bertz CT molecular complexity index is 1010. The third-order valence-electron chi connectivity index (χ3n) is 3.80. The molecule has 4 aromatic rings. The van der Waals surface area contributed by atoms with E-state index in [9.17, 15) is 0 Å². The SMILES string of the molecule is Cc1ccc(-c2nnc(SCc3nc(-c4ccccc4)no3)n2N)cc1. The van der Waals surface area contributed by atoms with Crippen LogP contribution in [0.15, 0.2) is 64.3 Å². The summed E-state index contributed by atoms with van der Waals surface area (Å²) in [6.07, 6.45) is 0. The van der Waals surface area contributed by atoms with Crippen molar-refractivity contribution >= 4 is 11.8 Å². The van der Waals surface area contributed by atoms with Crippen molar-refractivity contribution in [3.8, 4) is 22.8 Å². The Hall–Kier alpha value is -3.13. The largest absolute Gasteiger partial charge is 0.338 e. The number of thioether (sulfide) groups is 1. The molecule has 0 bridgehead atoms. The van der Waals surface area contributed by atoms with E-state index in [4.69, 9.17) is 10.4 Å². The zero-order valence-corrected chi connectivity index (χ0v) is 14.8. The van der Waals surface area contributed by atoms with Crippen molar-refractivity contribution in [1.82, 2.24) is 25.0 Å². The van der Waals surface area contributed by atoms with Crippen LogP contribution in [0.25, 0.3) is 22.8 Å². The number of aryl methyl sites for hydroxylation is 1. The van der Waals surface area contributed by atoms with E-state index in [0.717, 1.165) is 11.1 Å². The molecule has 2 aromatic carbocycles. The third-order valence-corrected chi connectivity index (χ3v) is 4.73. The number of benzene rings is 2.